The van der Waals surface area contributed by atoms with E-state index in [2.05, 4.69) is 0 Å². The summed E-state index contributed by atoms with van der Waals surface area (Å²) in [6, 6.07) is 6.53. The van der Waals surface area contributed by atoms with E-state index in [1.54, 1.807) is 29.8 Å². The van der Waals surface area contributed by atoms with Gasteiger partial charge in [-0.05, 0) is 24.5 Å². The summed E-state index contributed by atoms with van der Waals surface area (Å²) in [5.74, 6) is -0.0424. The molecule has 0 aliphatic heterocycles. The SMILES string of the molecule is CC(C)C[C@@H](CSc1ccccc1C(=O)O)NF. The molecule has 1 rings (SSSR count). The standard InChI is InChI=1S/C13H18FNO2S/c1-9(2)7-10(15-14)8-18-12-6-4-3-5-11(12)13(16)17/h3-6,9-10,15H,7-8H2,1-2H3,(H,16,17)/t10-/m0/s1. The molecule has 0 bridgehead atoms. The summed E-state index contributed by atoms with van der Waals surface area (Å²) < 4.78 is 12.6. The van der Waals surface area contributed by atoms with E-state index in [1.807, 2.05) is 13.8 Å². The summed E-state index contributed by atoms with van der Waals surface area (Å²) in [5, 5.41) is 9.03. The van der Waals surface area contributed by atoms with E-state index < -0.39 is 5.97 Å². The fourth-order valence-corrected chi connectivity index (χ4v) is 2.74. The topological polar surface area (TPSA) is 49.3 Å². The third kappa shape index (κ3) is 4.66. The minimum Gasteiger partial charge on any atom is -0.478 e. The molecule has 0 aromatic heterocycles. The highest BCUT2D eigenvalue weighted by Crippen LogP contribution is 2.24. The van der Waals surface area contributed by atoms with E-state index in [1.165, 1.54) is 11.8 Å². The lowest BCUT2D eigenvalue weighted by Gasteiger charge is -2.16. The Labute approximate surface area is 111 Å². The Balaban J connectivity index is 2.64. The molecule has 2 N–H and O–H groups in total. The smallest absolute Gasteiger partial charge is 0.336 e. The zero-order valence-corrected chi connectivity index (χ0v) is 11.3. The Hall–Kier alpha value is -1.07. The van der Waals surface area contributed by atoms with Gasteiger partial charge in [-0.15, -0.1) is 16.2 Å². The van der Waals surface area contributed by atoms with Crippen LogP contribution in [-0.2, 0) is 0 Å². The van der Waals surface area contributed by atoms with Crippen LogP contribution < -0.4 is 5.54 Å². The molecule has 0 unspecified atom stereocenters. The van der Waals surface area contributed by atoms with Gasteiger partial charge < -0.3 is 5.11 Å². The average molecular weight is 271 g/mol. The molecule has 18 heavy (non-hydrogen) atoms. The van der Waals surface area contributed by atoms with E-state index in [9.17, 15) is 9.28 Å². The molecule has 1 aromatic carbocycles. The number of carbonyl (C=O) groups is 1. The molecule has 0 saturated heterocycles. The summed E-state index contributed by atoms with van der Waals surface area (Å²) in [4.78, 5) is 11.7. The number of benzene rings is 1. The number of aromatic carboxylic acids is 1. The molecule has 0 heterocycles. The highest BCUT2D eigenvalue weighted by Gasteiger charge is 2.14. The molecule has 100 valence electrons. The van der Waals surface area contributed by atoms with Crippen molar-refractivity contribution in [1.82, 2.24) is 5.54 Å². The van der Waals surface area contributed by atoms with E-state index in [0.717, 1.165) is 6.42 Å². The molecular formula is C13H18FNO2S. The lowest BCUT2D eigenvalue weighted by Crippen LogP contribution is -2.26. The van der Waals surface area contributed by atoms with E-state index >= 15 is 0 Å². The Morgan fingerprint density at radius 3 is 2.67 bits per heavy atom. The molecule has 0 radical (unpaired) electrons. The molecule has 1 atom stereocenters. The monoisotopic (exact) mass is 271 g/mol. The Morgan fingerprint density at radius 1 is 1.44 bits per heavy atom. The third-order valence-electron chi connectivity index (χ3n) is 2.47. The van der Waals surface area contributed by atoms with Crippen molar-refractivity contribution >= 4 is 17.7 Å². The van der Waals surface area contributed by atoms with Gasteiger partial charge in [-0.1, -0.05) is 26.0 Å². The van der Waals surface area contributed by atoms with E-state index in [0.29, 0.717) is 16.6 Å². The number of carboxylic acids is 1. The van der Waals surface area contributed by atoms with Gasteiger partial charge in [0.15, 0.2) is 0 Å². The fourth-order valence-electron chi connectivity index (χ4n) is 1.67. The first kappa shape index (κ1) is 15.0. The van der Waals surface area contributed by atoms with Crippen LogP contribution in [0.3, 0.4) is 0 Å². The van der Waals surface area contributed by atoms with Crippen molar-refractivity contribution in [2.24, 2.45) is 5.92 Å². The fraction of sp³-hybridized carbons (Fsp3) is 0.462. The van der Waals surface area contributed by atoms with Crippen molar-refractivity contribution in [1.29, 1.82) is 0 Å². The second-order valence-electron chi connectivity index (χ2n) is 4.55. The first-order valence-corrected chi connectivity index (χ1v) is 6.84. The summed E-state index contributed by atoms with van der Waals surface area (Å²) >= 11 is 1.37. The van der Waals surface area contributed by atoms with Crippen LogP contribution in [0.25, 0.3) is 0 Å². The van der Waals surface area contributed by atoms with Crippen LogP contribution in [0.5, 0.6) is 0 Å². The van der Waals surface area contributed by atoms with Gasteiger partial charge in [-0.2, -0.15) is 5.54 Å². The van der Waals surface area contributed by atoms with E-state index in [4.69, 9.17) is 5.11 Å². The summed E-state index contributed by atoms with van der Waals surface area (Å²) in [7, 11) is 0. The molecule has 0 fully saturated rings. The molecular weight excluding hydrogens is 253 g/mol. The van der Waals surface area contributed by atoms with Crippen molar-refractivity contribution in [3.8, 4) is 0 Å². The molecule has 3 nitrogen and oxygen atoms in total. The van der Waals surface area contributed by atoms with Crippen molar-refractivity contribution in [3.05, 3.63) is 29.8 Å². The molecule has 0 spiro atoms. The number of thioether (sulfide) groups is 1. The first-order valence-electron chi connectivity index (χ1n) is 5.85. The molecule has 0 amide bonds. The highest BCUT2D eigenvalue weighted by atomic mass is 32.2. The second-order valence-corrected chi connectivity index (χ2v) is 5.61. The molecule has 0 saturated carbocycles. The Morgan fingerprint density at radius 2 is 2.11 bits per heavy atom. The number of hydrogen-bond acceptors (Lipinski definition) is 3. The quantitative estimate of drug-likeness (QED) is 0.589. The number of carboxylic acid groups (broad SMARTS) is 1. The van der Waals surface area contributed by atoms with Gasteiger partial charge in [0.2, 0.25) is 0 Å². The van der Waals surface area contributed by atoms with Gasteiger partial charge >= 0.3 is 5.97 Å². The molecule has 1 aromatic rings. The Kier molecular flexibility index (Phi) is 6.15. The number of nitrogens with one attached hydrogen (secondary N) is 1. The first-order chi connectivity index (χ1) is 8.54. The molecule has 0 aliphatic rings. The second kappa shape index (κ2) is 7.38. The van der Waals surface area contributed by atoms with E-state index in [-0.39, 0.29) is 11.6 Å². The number of rotatable bonds is 7. The predicted octanol–water partition coefficient (Wildman–Crippen LogP) is 3.37. The third-order valence-corrected chi connectivity index (χ3v) is 3.70. The van der Waals surface area contributed by atoms with Gasteiger partial charge in [0.05, 0.1) is 5.56 Å². The maximum Gasteiger partial charge on any atom is 0.336 e. The van der Waals surface area contributed by atoms with Crippen LogP contribution in [0.4, 0.5) is 4.48 Å². The van der Waals surface area contributed by atoms with Crippen LogP contribution in [0, 0.1) is 5.92 Å². The van der Waals surface area contributed by atoms with Crippen LogP contribution in [0.15, 0.2) is 29.2 Å². The van der Waals surface area contributed by atoms with Crippen LogP contribution >= 0.6 is 11.8 Å². The Bertz CT molecular complexity index is 398. The van der Waals surface area contributed by atoms with Gasteiger partial charge in [-0.3, -0.25) is 0 Å². The highest BCUT2D eigenvalue weighted by molar-refractivity contribution is 7.99. The minimum atomic E-state index is -0.952. The van der Waals surface area contributed by atoms with Crippen LogP contribution in [-0.4, -0.2) is 22.9 Å². The summed E-state index contributed by atoms with van der Waals surface area (Å²) in [6.07, 6.45) is 0.721. The zero-order chi connectivity index (χ0) is 13.5. The maximum atomic E-state index is 12.6. The summed E-state index contributed by atoms with van der Waals surface area (Å²) in [6.45, 7) is 4.06. The lowest BCUT2D eigenvalue weighted by atomic mass is 10.1. The molecule has 5 heteroatoms. The summed E-state index contributed by atoms with van der Waals surface area (Å²) in [5.41, 5.74) is 2.05. The minimum absolute atomic E-state index is 0.253. The predicted molar refractivity (Wildman–Crippen MR) is 71.6 cm³/mol. The van der Waals surface area contributed by atoms with Crippen LogP contribution in [0.2, 0.25) is 0 Å². The van der Waals surface area contributed by atoms with Crippen LogP contribution in [0.1, 0.15) is 30.6 Å². The van der Waals surface area contributed by atoms with Crippen molar-refractivity contribution in [3.63, 3.8) is 0 Å². The zero-order valence-electron chi connectivity index (χ0n) is 10.5. The maximum absolute atomic E-state index is 12.6. The van der Waals surface area contributed by atoms with Gasteiger partial charge in [0.25, 0.3) is 0 Å². The van der Waals surface area contributed by atoms with Gasteiger partial charge in [-0.25, -0.2) is 4.79 Å². The van der Waals surface area contributed by atoms with Crippen molar-refractivity contribution in [2.45, 2.75) is 31.2 Å². The lowest BCUT2D eigenvalue weighted by molar-refractivity contribution is 0.0693. The van der Waals surface area contributed by atoms with Gasteiger partial charge in [0, 0.05) is 16.7 Å². The molecule has 0 aliphatic carbocycles. The van der Waals surface area contributed by atoms with Gasteiger partial charge in [0.1, 0.15) is 0 Å². The average Bonchev–Trinajstić information content (AvgIpc) is 2.34. The van der Waals surface area contributed by atoms with Crippen molar-refractivity contribution in [2.75, 3.05) is 5.75 Å². The number of halogens is 1. The normalized spacial score (nSPS) is 12.7. The number of hydrogen-bond donors (Lipinski definition) is 2. The van der Waals surface area contributed by atoms with Crippen molar-refractivity contribution < 1.29 is 14.4 Å². The largest absolute Gasteiger partial charge is 0.478 e.